The topological polar surface area (TPSA) is 156 Å². The van der Waals surface area contributed by atoms with Crippen molar-refractivity contribution in [2.45, 2.75) is 26.4 Å². The van der Waals surface area contributed by atoms with Crippen LogP contribution in [0.15, 0.2) is 16.8 Å². The molecule has 1 aliphatic rings. The predicted molar refractivity (Wildman–Crippen MR) is 91.3 cm³/mol. The lowest BCUT2D eigenvalue weighted by Gasteiger charge is -2.36. The van der Waals surface area contributed by atoms with Gasteiger partial charge in [0.2, 0.25) is 12.6 Å². The number of hydrogen-bond acceptors (Lipinski definition) is 11. The molecule has 0 saturated carbocycles. The zero-order valence-corrected chi connectivity index (χ0v) is 16.5. The summed E-state index contributed by atoms with van der Waals surface area (Å²) in [5.74, 6) is -2.05. The standard InChI is InChI=1S/C15H21N2O10P/c1-15(2)8-24-28(21,25-9-23-14(20)10-4-7-17-26-10)27-12(15)13(19)16-6-5-11(18)22-3/h4,7,12,21H,5-6,8-9H2,1-3H3/p+1/t12-,28?/m0/s1. The molecule has 0 bridgehead atoms. The van der Waals surface area contributed by atoms with Crippen LogP contribution in [0.1, 0.15) is 30.8 Å². The van der Waals surface area contributed by atoms with Crippen molar-refractivity contribution in [3.8, 4) is 0 Å². The van der Waals surface area contributed by atoms with Crippen LogP contribution in [0.4, 0.5) is 0 Å². The zero-order chi connectivity index (χ0) is 20.8. The molecular weight excluding hydrogens is 399 g/mol. The maximum Gasteiger partial charge on any atom is 0.576 e. The first kappa shape index (κ1) is 22.2. The molecule has 12 nitrogen and oxygen atoms in total. The van der Waals surface area contributed by atoms with Gasteiger partial charge in [0.1, 0.15) is 6.61 Å². The van der Waals surface area contributed by atoms with Crippen molar-refractivity contribution in [2.75, 3.05) is 27.1 Å². The molecule has 13 heteroatoms. The van der Waals surface area contributed by atoms with Crippen LogP contribution < -0.4 is 5.32 Å². The number of amides is 1. The Labute approximate surface area is 161 Å². The Morgan fingerprint density at radius 3 is 2.82 bits per heavy atom. The van der Waals surface area contributed by atoms with Gasteiger partial charge >= 0.3 is 20.1 Å². The highest BCUT2D eigenvalue weighted by Crippen LogP contribution is 2.63. The molecule has 2 rings (SSSR count). The number of hydrogen-bond donors (Lipinski definition) is 2. The van der Waals surface area contributed by atoms with Gasteiger partial charge in [-0.25, -0.2) is 4.79 Å². The lowest BCUT2D eigenvalue weighted by atomic mass is 9.87. The Morgan fingerprint density at radius 1 is 1.43 bits per heavy atom. The largest absolute Gasteiger partial charge is 0.576 e. The normalized spacial score (nSPS) is 23.6. The summed E-state index contributed by atoms with van der Waals surface area (Å²) >= 11 is 0. The quantitative estimate of drug-likeness (QED) is 0.344. The van der Waals surface area contributed by atoms with Crippen molar-refractivity contribution in [1.29, 1.82) is 0 Å². The smallest absolute Gasteiger partial charge is 0.469 e. The van der Waals surface area contributed by atoms with Crippen molar-refractivity contribution in [3.63, 3.8) is 0 Å². The van der Waals surface area contributed by atoms with Gasteiger partial charge in [-0.3, -0.25) is 9.59 Å². The molecule has 1 aliphatic heterocycles. The molecule has 2 heterocycles. The van der Waals surface area contributed by atoms with Crippen LogP contribution in [0.5, 0.6) is 0 Å². The van der Waals surface area contributed by atoms with Gasteiger partial charge in [-0.05, 0) is 0 Å². The molecule has 0 aromatic carbocycles. The molecule has 0 radical (unpaired) electrons. The molecule has 28 heavy (non-hydrogen) atoms. The van der Waals surface area contributed by atoms with Crippen molar-refractivity contribution in [1.82, 2.24) is 10.5 Å². The number of nitrogens with zero attached hydrogens (tertiary/aromatic N) is 1. The van der Waals surface area contributed by atoms with Crippen LogP contribution in [0, 0.1) is 5.41 Å². The SMILES string of the molecule is COC(=O)CCNC(=O)[C@@H]1O[P+](O)(OCOC(=O)c2ccno2)OCC1(C)C. The Bertz CT molecular complexity index is 695. The fraction of sp³-hybridized carbons (Fsp3) is 0.600. The number of carbonyl (C=O) groups excluding carboxylic acids is 3. The molecule has 156 valence electrons. The summed E-state index contributed by atoms with van der Waals surface area (Å²) in [6.45, 7) is 2.69. The van der Waals surface area contributed by atoms with Crippen LogP contribution in [-0.2, 0) is 32.6 Å². The number of nitrogens with one attached hydrogen (secondary N) is 1. The fourth-order valence-electron chi connectivity index (χ4n) is 2.12. The number of ether oxygens (including phenoxy) is 2. The molecule has 1 aromatic heterocycles. The highest BCUT2D eigenvalue weighted by atomic mass is 31.2. The Hall–Kier alpha value is -2.11. The van der Waals surface area contributed by atoms with Crippen LogP contribution in [0.25, 0.3) is 0 Å². The second-order valence-electron chi connectivity index (χ2n) is 6.39. The maximum absolute atomic E-state index is 12.4. The van der Waals surface area contributed by atoms with E-state index in [0.717, 1.165) is 0 Å². The first-order valence-electron chi connectivity index (χ1n) is 8.18. The molecule has 0 aliphatic carbocycles. The number of aromatic nitrogens is 1. The van der Waals surface area contributed by atoms with Gasteiger partial charge in [0.15, 0.2) is 6.10 Å². The van der Waals surface area contributed by atoms with Crippen molar-refractivity contribution in [3.05, 3.63) is 18.0 Å². The lowest BCUT2D eigenvalue weighted by Crippen LogP contribution is -2.50. The molecule has 1 aromatic rings. The molecule has 1 unspecified atom stereocenters. The Morgan fingerprint density at radius 2 is 2.18 bits per heavy atom. The average Bonchev–Trinajstić information content (AvgIpc) is 3.18. The summed E-state index contributed by atoms with van der Waals surface area (Å²) in [4.78, 5) is 45.6. The lowest BCUT2D eigenvalue weighted by molar-refractivity contribution is -0.146. The molecule has 0 spiro atoms. The van der Waals surface area contributed by atoms with Crippen molar-refractivity contribution < 1.29 is 46.8 Å². The molecule has 1 amide bonds. The summed E-state index contributed by atoms with van der Waals surface area (Å²) < 4.78 is 29.5. The van der Waals surface area contributed by atoms with E-state index in [9.17, 15) is 19.3 Å². The molecule has 1 fully saturated rings. The van der Waals surface area contributed by atoms with E-state index >= 15 is 0 Å². The van der Waals surface area contributed by atoms with Gasteiger partial charge < -0.3 is 19.3 Å². The van der Waals surface area contributed by atoms with Gasteiger partial charge in [0, 0.05) is 18.0 Å². The van der Waals surface area contributed by atoms with Crippen LogP contribution in [0.2, 0.25) is 0 Å². The van der Waals surface area contributed by atoms with E-state index in [1.165, 1.54) is 19.4 Å². The third kappa shape index (κ3) is 5.94. The third-order valence-corrected chi connectivity index (χ3v) is 5.05. The van der Waals surface area contributed by atoms with Gasteiger partial charge in [-0.1, -0.05) is 19.0 Å². The number of carbonyl (C=O) groups is 3. The van der Waals surface area contributed by atoms with E-state index in [-0.39, 0.29) is 25.3 Å². The van der Waals surface area contributed by atoms with E-state index in [2.05, 4.69) is 19.7 Å². The predicted octanol–water partition coefficient (Wildman–Crippen LogP) is 0.596. The highest BCUT2D eigenvalue weighted by Gasteiger charge is 2.59. The van der Waals surface area contributed by atoms with E-state index in [1.54, 1.807) is 13.8 Å². The summed E-state index contributed by atoms with van der Waals surface area (Å²) in [6.07, 6.45) is 0.123. The number of methoxy groups -OCH3 is 1. The van der Waals surface area contributed by atoms with Gasteiger partial charge in [-0.2, -0.15) is 9.42 Å². The molecule has 1 saturated heterocycles. The van der Waals surface area contributed by atoms with Gasteiger partial charge in [0.05, 0.1) is 19.7 Å². The average molecular weight is 421 g/mol. The minimum absolute atomic E-state index is 0.0145. The Kier molecular flexibility index (Phi) is 7.44. The molecule has 2 N–H and O–H groups in total. The summed E-state index contributed by atoms with van der Waals surface area (Å²) in [7, 11) is -2.68. The summed E-state index contributed by atoms with van der Waals surface area (Å²) in [5.41, 5.74) is -0.790. The fourth-order valence-corrected chi connectivity index (χ4v) is 3.65. The van der Waals surface area contributed by atoms with Crippen LogP contribution in [0.3, 0.4) is 0 Å². The molecule has 2 atom stereocenters. The molecular formula is C15H22N2O10P+. The first-order chi connectivity index (χ1) is 13.2. The minimum atomic E-state index is -3.92. The van der Waals surface area contributed by atoms with Gasteiger partial charge in [-0.15, -0.1) is 9.05 Å². The number of rotatable bonds is 8. The maximum atomic E-state index is 12.4. The summed E-state index contributed by atoms with van der Waals surface area (Å²) in [6, 6.07) is 1.29. The van der Waals surface area contributed by atoms with Gasteiger partial charge in [0.25, 0.3) is 5.91 Å². The van der Waals surface area contributed by atoms with E-state index < -0.39 is 44.3 Å². The second-order valence-corrected chi connectivity index (χ2v) is 8.05. The zero-order valence-electron chi connectivity index (χ0n) is 15.6. The van der Waals surface area contributed by atoms with Crippen molar-refractivity contribution in [2.24, 2.45) is 5.41 Å². The van der Waals surface area contributed by atoms with Crippen LogP contribution in [-0.4, -0.2) is 61.1 Å². The van der Waals surface area contributed by atoms with E-state index in [4.69, 9.17) is 18.3 Å². The summed E-state index contributed by atoms with van der Waals surface area (Å²) in [5, 5.41) is 5.89. The highest BCUT2D eigenvalue weighted by molar-refractivity contribution is 7.55. The second kappa shape index (κ2) is 9.39. The Balaban J connectivity index is 1.88. The minimum Gasteiger partial charge on any atom is -0.469 e. The third-order valence-electron chi connectivity index (χ3n) is 3.69. The van der Waals surface area contributed by atoms with E-state index in [0.29, 0.717) is 0 Å². The first-order valence-corrected chi connectivity index (χ1v) is 9.68. The van der Waals surface area contributed by atoms with E-state index in [1.807, 2.05) is 0 Å². The van der Waals surface area contributed by atoms with Crippen molar-refractivity contribution >= 4 is 26.0 Å². The number of esters is 2. The van der Waals surface area contributed by atoms with Crippen LogP contribution >= 0.6 is 8.17 Å². The monoisotopic (exact) mass is 421 g/mol.